The molecule has 23 heavy (non-hydrogen) atoms. The van der Waals surface area contributed by atoms with Gasteiger partial charge in [-0.15, -0.1) is 35.3 Å². The van der Waals surface area contributed by atoms with E-state index in [4.69, 9.17) is 0 Å². The van der Waals surface area contributed by atoms with Crippen molar-refractivity contribution in [2.75, 3.05) is 13.1 Å². The minimum absolute atomic E-state index is 0. The molecule has 0 amide bonds. The molecule has 1 rings (SSSR count). The normalized spacial score (nSPS) is 13.4. The summed E-state index contributed by atoms with van der Waals surface area (Å²) < 4.78 is 0. The Hall–Kier alpha value is -0.340. The predicted octanol–water partition coefficient (Wildman–Crippen LogP) is 3.71. The summed E-state index contributed by atoms with van der Waals surface area (Å²) in [5.41, 5.74) is -0.698. The number of aliphatic hydroxyl groups is 1. The van der Waals surface area contributed by atoms with Crippen molar-refractivity contribution in [3.8, 4) is 0 Å². The second-order valence-electron chi connectivity index (χ2n) is 5.89. The van der Waals surface area contributed by atoms with Crippen LogP contribution in [-0.4, -0.2) is 35.8 Å². The van der Waals surface area contributed by atoms with E-state index in [0.29, 0.717) is 12.6 Å². The smallest absolute Gasteiger partial charge is 0.191 e. The summed E-state index contributed by atoms with van der Waals surface area (Å²) in [7, 11) is 0. The van der Waals surface area contributed by atoms with Crippen LogP contribution in [0.25, 0.3) is 0 Å². The van der Waals surface area contributed by atoms with Gasteiger partial charge >= 0.3 is 0 Å². The monoisotopic (exact) mass is 453 g/mol. The third-order valence-electron chi connectivity index (χ3n) is 3.88. The van der Waals surface area contributed by atoms with Crippen LogP contribution in [0.15, 0.2) is 17.1 Å². The van der Waals surface area contributed by atoms with Gasteiger partial charge in [0.15, 0.2) is 5.96 Å². The summed E-state index contributed by atoms with van der Waals surface area (Å²) in [6, 6.07) is 4.65. The van der Waals surface area contributed by atoms with E-state index in [2.05, 4.69) is 48.5 Å². The van der Waals surface area contributed by atoms with Crippen LogP contribution in [0.4, 0.5) is 0 Å². The third-order valence-corrected chi connectivity index (χ3v) is 4.90. The molecule has 0 saturated heterocycles. The molecule has 3 N–H and O–H groups in total. The predicted molar refractivity (Wildman–Crippen MR) is 112 cm³/mol. The molecule has 1 atom stereocenters. The Morgan fingerprint density at radius 3 is 2.43 bits per heavy atom. The molecule has 134 valence electrons. The highest BCUT2D eigenvalue weighted by Crippen LogP contribution is 2.17. The number of aryl methyl sites for hydroxylation is 1. The van der Waals surface area contributed by atoms with Gasteiger partial charge in [0.05, 0.1) is 12.1 Å². The molecular formula is C17H32IN3OS. The van der Waals surface area contributed by atoms with Crippen molar-refractivity contribution in [3.05, 3.63) is 21.9 Å². The number of nitrogens with zero attached hydrogens (tertiary/aromatic N) is 1. The minimum Gasteiger partial charge on any atom is -0.388 e. The number of halogens is 1. The zero-order valence-electron chi connectivity index (χ0n) is 15.0. The molecule has 1 aromatic heterocycles. The maximum Gasteiger partial charge on any atom is 0.191 e. The Morgan fingerprint density at radius 1 is 1.30 bits per heavy atom. The van der Waals surface area contributed by atoms with E-state index >= 15 is 0 Å². The number of aliphatic imine (C=N–C) groups is 1. The molecule has 0 spiro atoms. The maximum absolute atomic E-state index is 10.4. The molecule has 4 nitrogen and oxygen atoms in total. The molecule has 0 aliphatic carbocycles. The summed E-state index contributed by atoms with van der Waals surface area (Å²) in [6.07, 6.45) is 2.42. The van der Waals surface area contributed by atoms with Crippen LogP contribution in [-0.2, 0) is 6.42 Å². The average molecular weight is 453 g/mol. The largest absolute Gasteiger partial charge is 0.388 e. The lowest BCUT2D eigenvalue weighted by Crippen LogP contribution is -2.44. The van der Waals surface area contributed by atoms with Crippen molar-refractivity contribution in [1.29, 1.82) is 0 Å². The lowest BCUT2D eigenvalue weighted by molar-refractivity contribution is 0.0418. The number of hydrogen-bond donors (Lipinski definition) is 3. The second-order valence-corrected chi connectivity index (χ2v) is 7.26. The Bertz CT molecular complexity index is 472. The Balaban J connectivity index is 0.00000484. The van der Waals surface area contributed by atoms with E-state index < -0.39 is 5.60 Å². The van der Waals surface area contributed by atoms with E-state index in [1.54, 1.807) is 0 Å². The van der Waals surface area contributed by atoms with E-state index in [1.807, 2.05) is 25.2 Å². The summed E-state index contributed by atoms with van der Waals surface area (Å²) in [6.45, 7) is 11.6. The fraction of sp³-hybridized carbons (Fsp3) is 0.706. The standard InChI is InChI=1S/C17H31N3OS.HI/c1-6-17(21,7-2)12-19-16(18-8-3)20-13(4)11-15-10-9-14(5)22-15;/h9-10,13,21H,6-8,11-12H2,1-5H3,(H2,18,19,20);1H. The van der Waals surface area contributed by atoms with Crippen molar-refractivity contribution < 1.29 is 5.11 Å². The molecule has 0 saturated carbocycles. The Kier molecular flexibility index (Phi) is 11.1. The number of thiophene rings is 1. The molecule has 0 aliphatic heterocycles. The summed E-state index contributed by atoms with van der Waals surface area (Å²) >= 11 is 1.84. The first-order chi connectivity index (χ1) is 10.4. The van der Waals surface area contributed by atoms with Gasteiger partial charge in [-0.3, -0.25) is 4.99 Å². The van der Waals surface area contributed by atoms with Gasteiger partial charge in [0.2, 0.25) is 0 Å². The summed E-state index contributed by atoms with van der Waals surface area (Å²) in [4.78, 5) is 7.29. The van der Waals surface area contributed by atoms with E-state index in [1.165, 1.54) is 9.75 Å². The van der Waals surface area contributed by atoms with Crippen LogP contribution in [0.3, 0.4) is 0 Å². The minimum atomic E-state index is -0.698. The highest BCUT2D eigenvalue weighted by molar-refractivity contribution is 14.0. The van der Waals surface area contributed by atoms with Crippen molar-refractivity contribution >= 4 is 41.3 Å². The quantitative estimate of drug-likeness (QED) is 0.320. The van der Waals surface area contributed by atoms with Crippen molar-refractivity contribution in [1.82, 2.24) is 10.6 Å². The molecule has 0 aliphatic rings. The first kappa shape index (κ1) is 22.7. The maximum atomic E-state index is 10.4. The number of rotatable bonds is 8. The average Bonchev–Trinajstić information content (AvgIpc) is 2.89. The second kappa shape index (κ2) is 11.3. The topological polar surface area (TPSA) is 56.7 Å². The molecule has 1 unspecified atom stereocenters. The van der Waals surface area contributed by atoms with E-state index in [0.717, 1.165) is 31.8 Å². The first-order valence-electron chi connectivity index (χ1n) is 8.25. The van der Waals surface area contributed by atoms with E-state index in [9.17, 15) is 5.11 Å². The molecule has 0 radical (unpaired) electrons. The molecule has 1 aromatic rings. The Morgan fingerprint density at radius 2 is 1.96 bits per heavy atom. The number of hydrogen-bond acceptors (Lipinski definition) is 3. The van der Waals surface area contributed by atoms with Gasteiger partial charge in [0, 0.05) is 28.8 Å². The van der Waals surface area contributed by atoms with Crippen LogP contribution >= 0.6 is 35.3 Å². The molecule has 1 heterocycles. The first-order valence-corrected chi connectivity index (χ1v) is 9.06. The molecule has 6 heteroatoms. The molecule has 0 aromatic carbocycles. The van der Waals surface area contributed by atoms with Gasteiger partial charge in [-0.25, -0.2) is 0 Å². The SMILES string of the molecule is CCNC(=NCC(O)(CC)CC)NC(C)Cc1ccc(C)s1.I. The van der Waals surface area contributed by atoms with Gasteiger partial charge in [0.25, 0.3) is 0 Å². The zero-order chi connectivity index (χ0) is 16.6. The highest BCUT2D eigenvalue weighted by atomic mass is 127. The lowest BCUT2D eigenvalue weighted by Gasteiger charge is -2.24. The van der Waals surface area contributed by atoms with Crippen molar-refractivity contribution in [3.63, 3.8) is 0 Å². The molecule has 0 bridgehead atoms. The van der Waals surface area contributed by atoms with Gasteiger partial charge in [-0.1, -0.05) is 13.8 Å². The third kappa shape index (κ3) is 8.35. The summed E-state index contributed by atoms with van der Waals surface area (Å²) in [5.74, 6) is 0.781. The van der Waals surface area contributed by atoms with Gasteiger partial charge in [-0.2, -0.15) is 0 Å². The van der Waals surface area contributed by atoms with Crippen LogP contribution in [0, 0.1) is 6.92 Å². The lowest BCUT2D eigenvalue weighted by atomic mass is 9.98. The summed E-state index contributed by atoms with van der Waals surface area (Å²) in [5, 5.41) is 17.0. The van der Waals surface area contributed by atoms with Crippen LogP contribution in [0.1, 0.15) is 50.3 Å². The van der Waals surface area contributed by atoms with Crippen molar-refractivity contribution in [2.24, 2.45) is 4.99 Å². The number of guanidine groups is 1. The fourth-order valence-corrected chi connectivity index (χ4v) is 3.22. The van der Waals surface area contributed by atoms with Gasteiger partial charge < -0.3 is 15.7 Å². The van der Waals surface area contributed by atoms with Crippen LogP contribution < -0.4 is 10.6 Å². The van der Waals surface area contributed by atoms with Gasteiger partial charge in [-0.05, 0) is 45.7 Å². The molecular weight excluding hydrogens is 421 g/mol. The molecule has 0 fully saturated rings. The highest BCUT2D eigenvalue weighted by Gasteiger charge is 2.21. The van der Waals surface area contributed by atoms with E-state index in [-0.39, 0.29) is 24.0 Å². The van der Waals surface area contributed by atoms with Gasteiger partial charge in [0.1, 0.15) is 0 Å². The number of nitrogens with one attached hydrogen (secondary N) is 2. The fourth-order valence-electron chi connectivity index (χ4n) is 2.20. The Labute approximate surface area is 162 Å². The van der Waals surface area contributed by atoms with Crippen molar-refractivity contribution in [2.45, 2.75) is 65.5 Å². The van der Waals surface area contributed by atoms with Crippen LogP contribution in [0.5, 0.6) is 0 Å². The van der Waals surface area contributed by atoms with Crippen LogP contribution in [0.2, 0.25) is 0 Å². The zero-order valence-corrected chi connectivity index (χ0v) is 18.1.